The highest BCUT2D eigenvalue weighted by molar-refractivity contribution is 6.31. The summed E-state index contributed by atoms with van der Waals surface area (Å²) in [7, 11) is 1.52. The lowest BCUT2D eigenvalue weighted by atomic mass is 10.2. The Balaban J connectivity index is 2.36. The molecule has 1 aromatic carbocycles. The summed E-state index contributed by atoms with van der Waals surface area (Å²) in [6.07, 6.45) is 2.60. The molecule has 1 heterocycles. The fourth-order valence-electron chi connectivity index (χ4n) is 1.60. The van der Waals surface area contributed by atoms with E-state index in [1.54, 1.807) is 12.1 Å². The number of nitrogens with zero attached hydrogens (tertiary/aromatic N) is 2. The molecule has 0 spiro atoms. The molecule has 7 heteroatoms. The maximum absolute atomic E-state index is 10.9. The zero-order valence-corrected chi connectivity index (χ0v) is 11.6. The summed E-state index contributed by atoms with van der Waals surface area (Å²) in [5.41, 5.74) is 1.35. The Labute approximate surface area is 120 Å². The molecule has 2 aromatic rings. The number of hydrogen-bond acceptors (Lipinski definition) is 5. The van der Waals surface area contributed by atoms with Gasteiger partial charge >= 0.3 is 5.97 Å². The lowest BCUT2D eigenvalue weighted by molar-refractivity contribution is 0.0690. The van der Waals surface area contributed by atoms with E-state index in [1.165, 1.54) is 19.5 Å². The molecule has 2 N–H and O–H groups in total. The van der Waals surface area contributed by atoms with Crippen LogP contribution in [0.25, 0.3) is 0 Å². The van der Waals surface area contributed by atoms with Crippen molar-refractivity contribution in [3.63, 3.8) is 0 Å². The molecular weight excluding hydrogens is 282 g/mol. The molecular formula is C13H12ClN3O3. The van der Waals surface area contributed by atoms with E-state index >= 15 is 0 Å². The summed E-state index contributed by atoms with van der Waals surface area (Å²) in [5.74, 6) is -0.298. The van der Waals surface area contributed by atoms with Gasteiger partial charge in [0.15, 0.2) is 5.69 Å². The lowest BCUT2D eigenvalue weighted by Crippen LogP contribution is -2.04. The Hall–Kier alpha value is -2.34. The SMILES string of the molecule is COc1cc(Cl)c(C)cc1Nc1cncc(C(=O)O)n1. The lowest BCUT2D eigenvalue weighted by Gasteiger charge is -2.12. The third-order valence-electron chi connectivity index (χ3n) is 2.60. The maximum Gasteiger partial charge on any atom is 0.356 e. The van der Waals surface area contributed by atoms with Gasteiger partial charge in [-0.2, -0.15) is 0 Å². The predicted molar refractivity (Wildman–Crippen MR) is 75.0 cm³/mol. The first-order valence-electron chi connectivity index (χ1n) is 5.67. The fraction of sp³-hybridized carbons (Fsp3) is 0.154. The predicted octanol–water partition coefficient (Wildman–Crippen LogP) is 2.89. The molecule has 0 radical (unpaired) electrons. The van der Waals surface area contributed by atoms with Crippen LogP contribution in [-0.2, 0) is 0 Å². The monoisotopic (exact) mass is 293 g/mol. The molecule has 0 aliphatic heterocycles. The standard InChI is InChI=1S/C13H12ClN3O3/c1-7-3-9(11(20-2)4-8(7)14)16-12-6-15-5-10(17-12)13(18)19/h3-6H,1-2H3,(H,16,17)(H,18,19). The number of halogens is 1. The van der Waals surface area contributed by atoms with Crippen molar-refractivity contribution in [2.24, 2.45) is 0 Å². The molecule has 0 saturated heterocycles. The fourth-order valence-corrected chi connectivity index (χ4v) is 1.75. The minimum absolute atomic E-state index is 0.139. The van der Waals surface area contributed by atoms with Gasteiger partial charge < -0.3 is 15.2 Å². The summed E-state index contributed by atoms with van der Waals surface area (Å²) in [6.45, 7) is 1.85. The first-order valence-corrected chi connectivity index (χ1v) is 6.05. The highest BCUT2D eigenvalue weighted by Crippen LogP contribution is 2.32. The summed E-state index contributed by atoms with van der Waals surface area (Å²) in [4.78, 5) is 18.6. The quantitative estimate of drug-likeness (QED) is 0.901. The van der Waals surface area contributed by atoms with Gasteiger partial charge in [0, 0.05) is 11.1 Å². The van der Waals surface area contributed by atoms with Crippen LogP contribution in [0.15, 0.2) is 24.5 Å². The van der Waals surface area contributed by atoms with Gasteiger partial charge in [-0.1, -0.05) is 11.6 Å². The minimum atomic E-state index is -1.14. The van der Waals surface area contributed by atoms with Gasteiger partial charge in [0.2, 0.25) is 0 Å². The van der Waals surface area contributed by atoms with Gasteiger partial charge in [0.05, 0.1) is 25.2 Å². The zero-order chi connectivity index (χ0) is 14.7. The average Bonchev–Trinajstić information content (AvgIpc) is 2.43. The second-order valence-electron chi connectivity index (χ2n) is 4.02. The molecule has 0 atom stereocenters. The van der Waals surface area contributed by atoms with Crippen LogP contribution in [0.5, 0.6) is 5.75 Å². The third kappa shape index (κ3) is 2.97. The van der Waals surface area contributed by atoms with Gasteiger partial charge in [0.1, 0.15) is 11.6 Å². The number of aryl methyl sites for hydroxylation is 1. The van der Waals surface area contributed by atoms with Crippen LogP contribution in [-0.4, -0.2) is 28.2 Å². The molecule has 2 rings (SSSR count). The van der Waals surface area contributed by atoms with Crippen LogP contribution >= 0.6 is 11.6 Å². The van der Waals surface area contributed by atoms with Crippen LogP contribution in [0.1, 0.15) is 16.1 Å². The van der Waals surface area contributed by atoms with E-state index in [1.807, 2.05) is 6.92 Å². The van der Waals surface area contributed by atoms with Crippen LogP contribution in [0, 0.1) is 6.92 Å². The summed E-state index contributed by atoms with van der Waals surface area (Å²) < 4.78 is 5.22. The van der Waals surface area contributed by atoms with Crippen molar-refractivity contribution in [1.82, 2.24) is 9.97 Å². The average molecular weight is 294 g/mol. The number of carbonyl (C=O) groups is 1. The Kier molecular flexibility index (Phi) is 4.05. The molecule has 0 aliphatic carbocycles. The van der Waals surface area contributed by atoms with Crippen LogP contribution in [0.4, 0.5) is 11.5 Å². The van der Waals surface area contributed by atoms with E-state index in [4.69, 9.17) is 21.4 Å². The molecule has 104 valence electrons. The van der Waals surface area contributed by atoms with Gasteiger partial charge in [-0.3, -0.25) is 4.98 Å². The highest BCUT2D eigenvalue weighted by Gasteiger charge is 2.10. The molecule has 0 amide bonds. The first-order chi connectivity index (χ1) is 9.51. The van der Waals surface area contributed by atoms with E-state index in [-0.39, 0.29) is 5.69 Å². The molecule has 0 fully saturated rings. The highest BCUT2D eigenvalue weighted by atomic mass is 35.5. The Bertz CT molecular complexity index is 661. The smallest absolute Gasteiger partial charge is 0.356 e. The Morgan fingerprint density at radius 1 is 1.40 bits per heavy atom. The normalized spacial score (nSPS) is 10.2. The van der Waals surface area contributed by atoms with Crippen LogP contribution in [0.2, 0.25) is 5.02 Å². The van der Waals surface area contributed by atoms with E-state index in [9.17, 15) is 4.79 Å². The molecule has 1 aromatic heterocycles. The van der Waals surface area contributed by atoms with Crippen molar-refractivity contribution in [1.29, 1.82) is 0 Å². The third-order valence-corrected chi connectivity index (χ3v) is 3.00. The van der Waals surface area contributed by atoms with Crippen LogP contribution < -0.4 is 10.1 Å². The van der Waals surface area contributed by atoms with Crippen molar-refractivity contribution in [2.75, 3.05) is 12.4 Å². The minimum Gasteiger partial charge on any atom is -0.495 e. The van der Waals surface area contributed by atoms with Crippen LogP contribution in [0.3, 0.4) is 0 Å². The maximum atomic E-state index is 10.9. The number of carboxylic acid groups (broad SMARTS) is 1. The van der Waals surface area contributed by atoms with Crippen molar-refractivity contribution in [3.8, 4) is 5.75 Å². The summed E-state index contributed by atoms with van der Waals surface area (Å²) in [6, 6.07) is 3.46. The number of hydrogen-bond donors (Lipinski definition) is 2. The number of benzene rings is 1. The number of carboxylic acids is 1. The number of nitrogens with one attached hydrogen (secondary N) is 1. The second-order valence-corrected chi connectivity index (χ2v) is 4.43. The molecule has 0 bridgehead atoms. The van der Waals surface area contributed by atoms with E-state index < -0.39 is 5.97 Å². The van der Waals surface area contributed by atoms with E-state index in [2.05, 4.69) is 15.3 Å². The molecule has 20 heavy (non-hydrogen) atoms. The number of ether oxygens (including phenoxy) is 1. The van der Waals surface area contributed by atoms with Gasteiger partial charge in [-0.05, 0) is 18.6 Å². The number of aromatic nitrogens is 2. The van der Waals surface area contributed by atoms with Gasteiger partial charge in [-0.25, -0.2) is 9.78 Å². The number of rotatable bonds is 4. The molecule has 0 saturated carbocycles. The van der Waals surface area contributed by atoms with Gasteiger partial charge in [0.25, 0.3) is 0 Å². The molecule has 0 unspecified atom stereocenters. The number of aromatic carboxylic acids is 1. The Morgan fingerprint density at radius 3 is 2.80 bits per heavy atom. The zero-order valence-electron chi connectivity index (χ0n) is 10.8. The largest absolute Gasteiger partial charge is 0.495 e. The summed E-state index contributed by atoms with van der Waals surface area (Å²) >= 11 is 6.02. The number of methoxy groups -OCH3 is 1. The van der Waals surface area contributed by atoms with Crippen molar-refractivity contribution < 1.29 is 14.6 Å². The topological polar surface area (TPSA) is 84.3 Å². The first kappa shape index (κ1) is 14.1. The molecule has 0 aliphatic rings. The van der Waals surface area contributed by atoms with Crippen molar-refractivity contribution in [2.45, 2.75) is 6.92 Å². The second kappa shape index (κ2) is 5.75. The van der Waals surface area contributed by atoms with Crippen molar-refractivity contribution in [3.05, 3.63) is 40.8 Å². The van der Waals surface area contributed by atoms with E-state index in [0.717, 1.165) is 5.56 Å². The summed E-state index contributed by atoms with van der Waals surface area (Å²) in [5, 5.41) is 12.4. The van der Waals surface area contributed by atoms with Gasteiger partial charge in [-0.15, -0.1) is 0 Å². The van der Waals surface area contributed by atoms with Crippen molar-refractivity contribution >= 4 is 29.1 Å². The molecule has 6 nitrogen and oxygen atoms in total. The van der Waals surface area contributed by atoms with E-state index in [0.29, 0.717) is 22.3 Å². The number of anilines is 2. The Morgan fingerprint density at radius 2 is 2.15 bits per heavy atom.